The number of hydrogen-bond donors (Lipinski definition) is 0. The van der Waals surface area contributed by atoms with Crippen LogP contribution in [0, 0.1) is 5.41 Å². The number of benzene rings is 1. The Morgan fingerprint density at radius 1 is 1.03 bits per heavy atom. The van der Waals surface area contributed by atoms with Crippen molar-refractivity contribution >= 4 is 11.8 Å². The fourth-order valence-electron chi connectivity index (χ4n) is 5.37. The summed E-state index contributed by atoms with van der Waals surface area (Å²) in [5.74, 6) is 0.619. The van der Waals surface area contributed by atoms with E-state index in [4.69, 9.17) is 0 Å². The van der Waals surface area contributed by atoms with Crippen LogP contribution in [0.2, 0.25) is 0 Å². The number of carbonyl (C=O) groups is 2. The predicted molar refractivity (Wildman–Crippen MR) is 114 cm³/mol. The Kier molecular flexibility index (Phi) is 6.23. The largest absolute Gasteiger partial charge is 0.342 e. The van der Waals surface area contributed by atoms with Crippen LogP contribution in [0.1, 0.15) is 51.0 Å². The van der Waals surface area contributed by atoms with Crippen LogP contribution < -0.4 is 0 Å². The standard InChI is InChI=1S/C24H35N3O2/c1-20(23(29)26-14-5-6-15-26)25-17-12-24(13-18-25)11-9-22(28)27(19-24)16-10-21-7-3-2-4-8-21/h2-4,7-8,20H,5-6,9-19H2,1H3. The van der Waals surface area contributed by atoms with Crippen LogP contribution in [0.3, 0.4) is 0 Å². The lowest BCUT2D eigenvalue weighted by molar-refractivity contribution is -0.140. The Balaban J connectivity index is 1.31. The smallest absolute Gasteiger partial charge is 0.239 e. The fourth-order valence-corrected chi connectivity index (χ4v) is 5.37. The molecule has 158 valence electrons. The van der Waals surface area contributed by atoms with E-state index in [-0.39, 0.29) is 11.5 Å². The van der Waals surface area contributed by atoms with Crippen molar-refractivity contribution in [1.82, 2.24) is 14.7 Å². The molecule has 0 saturated carbocycles. The number of likely N-dealkylation sites (tertiary alicyclic amines) is 3. The van der Waals surface area contributed by atoms with Crippen molar-refractivity contribution in [1.29, 1.82) is 0 Å². The highest BCUT2D eigenvalue weighted by Gasteiger charge is 2.42. The molecule has 2 amide bonds. The Morgan fingerprint density at radius 2 is 1.72 bits per heavy atom. The van der Waals surface area contributed by atoms with Gasteiger partial charge in [0.1, 0.15) is 0 Å². The number of hydrogen-bond acceptors (Lipinski definition) is 3. The predicted octanol–water partition coefficient (Wildman–Crippen LogP) is 2.94. The molecule has 1 unspecified atom stereocenters. The number of piperidine rings is 2. The van der Waals surface area contributed by atoms with Gasteiger partial charge >= 0.3 is 0 Å². The molecule has 0 aromatic heterocycles. The first-order chi connectivity index (χ1) is 14.1. The maximum Gasteiger partial charge on any atom is 0.239 e. The van der Waals surface area contributed by atoms with Gasteiger partial charge in [-0.1, -0.05) is 30.3 Å². The highest BCUT2D eigenvalue weighted by atomic mass is 16.2. The topological polar surface area (TPSA) is 43.9 Å². The molecular weight excluding hydrogens is 362 g/mol. The van der Waals surface area contributed by atoms with Crippen LogP contribution in [0.15, 0.2) is 30.3 Å². The molecule has 1 atom stereocenters. The van der Waals surface area contributed by atoms with Gasteiger partial charge in [-0.05, 0) is 69.5 Å². The molecule has 3 saturated heterocycles. The Hall–Kier alpha value is -1.88. The molecule has 1 aromatic carbocycles. The quantitative estimate of drug-likeness (QED) is 0.767. The van der Waals surface area contributed by atoms with Crippen LogP contribution in [-0.4, -0.2) is 71.8 Å². The lowest BCUT2D eigenvalue weighted by Gasteiger charge is -2.48. The van der Waals surface area contributed by atoms with E-state index in [1.807, 2.05) is 11.0 Å². The van der Waals surface area contributed by atoms with Crippen molar-refractivity contribution in [2.45, 2.75) is 57.9 Å². The molecule has 0 bridgehead atoms. The van der Waals surface area contributed by atoms with E-state index in [0.717, 1.165) is 77.8 Å². The van der Waals surface area contributed by atoms with E-state index >= 15 is 0 Å². The molecule has 0 N–H and O–H groups in total. The third-order valence-electron chi connectivity index (χ3n) is 7.44. The average Bonchev–Trinajstić information content (AvgIpc) is 3.30. The van der Waals surface area contributed by atoms with Crippen molar-refractivity contribution in [3.05, 3.63) is 35.9 Å². The van der Waals surface area contributed by atoms with Gasteiger partial charge in [-0.3, -0.25) is 14.5 Å². The summed E-state index contributed by atoms with van der Waals surface area (Å²) in [4.78, 5) is 31.8. The minimum Gasteiger partial charge on any atom is -0.342 e. The van der Waals surface area contributed by atoms with Gasteiger partial charge in [0.15, 0.2) is 0 Å². The summed E-state index contributed by atoms with van der Waals surface area (Å²) < 4.78 is 0. The minimum absolute atomic E-state index is 0.00939. The van der Waals surface area contributed by atoms with Crippen LogP contribution in [0.25, 0.3) is 0 Å². The molecule has 5 heteroatoms. The fraction of sp³-hybridized carbons (Fsp3) is 0.667. The van der Waals surface area contributed by atoms with E-state index in [9.17, 15) is 9.59 Å². The summed E-state index contributed by atoms with van der Waals surface area (Å²) in [6.45, 7) is 7.59. The monoisotopic (exact) mass is 397 g/mol. The zero-order chi connectivity index (χ0) is 20.3. The molecule has 3 fully saturated rings. The van der Waals surface area contributed by atoms with Crippen molar-refractivity contribution in [3.63, 3.8) is 0 Å². The van der Waals surface area contributed by atoms with Crippen molar-refractivity contribution < 1.29 is 9.59 Å². The molecule has 4 rings (SSSR count). The first kappa shape index (κ1) is 20.4. The third kappa shape index (κ3) is 4.66. The van der Waals surface area contributed by atoms with E-state index in [2.05, 4.69) is 41.0 Å². The zero-order valence-electron chi connectivity index (χ0n) is 17.8. The molecule has 3 heterocycles. The third-order valence-corrected chi connectivity index (χ3v) is 7.44. The van der Waals surface area contributed by atoms with E-state index in [0.29, 0.717) is 18.2 Å². The Morgan fingerprint density at radius 3 is 2.41 bits per heavy atom. The summed E-state index contributed by atoms with van der Waals surface area (Å²) in [5.41, 5.74) is 1.54. The molecule has 0 radical (unpaired) electrons. The van der Waals surface area contributed by atoms with Gasteiger partial charge in [0.2, 0.25) is 11.8 Å². The Labute approximate surface area is 175 Å². The summed E-state index contributed by atoms with van der Waals surface area (Å²) in [7, 11) is 0. The van der Waals surface area contributed by atoms with Crippen molar-refractivity contribution in [2.75, 3.05) is 39.3 Å². The molecule has 3 aliphatic heterocycles. The molecule has 29 heavy (non-hydrogen) atoms. The second kappa shape index (κ2) is 8.86. The van der Waals surface area contributed by atoms with E-state index in [1.165, 1.54) is 5.56 Å². The minimum atomic E-state index is -0.00939. The van der Waals surface area contributed by atoms with Crippen molar-refractivity contribution in [2.24, 2.45) is 5.41 Å². The van der Waals surface area contributed by atoms with Gasteiger partial charge in [-0.2, -0.15) is 0 Å². The van der Waals surface area contributed by atoms with Gasteiger partial charge in [-0.15, -0.1) is 0 Å². The molecule has 3 aliphatic rings. The van der Waals surface area contributed by atoms with Gasteiger partial charge in [0.25, 0.3) is 0 Å². The van der Waals surface area contributed by atoms with Crippen LogP contribution >= 0.6 is 0 Å². The number of amides is 2. The van der Waals surface area contributed by atoms with E-state index in [1.54, 1.807) is 0 Å². The normalized spacial score (nSPS) is 23.6. The van der Waals surface area contributed by atoms with Crippen LogP contribution in [-0.2, 0) is 16.0 Å². The summed E-state index contributed by atoms with van der Waals surface area (Å²) in [5, 5.41) is 0. The van der Waals surface area contributed by atoms with Crippen molar-refractivity contribution in [3.8, 4) is 0 Å². The van der Waals surface area contributed by atoms with Gasteiger partial charge < -0.3 is 9.80 Å². The molecule has 1 aromatic rings. The molecular formula is C24H35N3O2. The first-order valence-corrected chi connectivity index (χ1v) is 11.4. The average molecular weight is 398 g/mol. The van der Waals surface area contributed by atoms with Gasteiger partial charge in [0.05, 0.1) is 6.04 Å². The maximum absolute atomic E-state index is 12.8. The van der Waals surface area contributed by atoms with E-state index < -0.39 is 0 Å². The lowest BCUT2D eigenvalue weighted by Crippen LogP contribution is -2.55. The zero-order valence-corrected chi connectivity index (χ0v) is 17.8. The maximum atomic E-state index is 12.8. The summed E-state index contributed by atoms with van der Waals surface area (Å²) in [6, 6.07) is 10.4. The highest BCUT2D eigenvalue weighted by Crippen LogP contribution is 2.40. The van der Waals surface area contributed by atoms with Crippen LogP contribution in [0.5, 0.6) is 0 Å². The van der Waals surface area contributed by atoms with Gasteiger partial charge in [-0.25, -0.2) is 0 Å². The Bertz CT molecular complexity index is 706. The summed E-state index contributed by atoms with van der Waals surface area (Å²) >= 11 is 0. The first-order valence-electron chi connectivity index (χ1n) is 11.4. The number of nitrogens with zero attached hydrogens (tertiary/aromatic N) is 3. The number of carbonyl (C=O) groups excluding carboxylic acids is 2. The second-order valence-corrected chi connectivity index (χ2v) is 9.30. The van der Waals surface area contributed by atoms with Crippen LogP contribution in [0.4, 0.5) is 0 Å². The lowest BCUT2D eigenvalue weighted by atomic mass is 9.72. The molecule has 5 nitrogen and oxygen atoms in total. The molecule has 0 aliphatic carbocycles. The number of rotatable bonds is 5. The van der Waals surface area contributed by atoms with Gasteiger partial charge in [0, 0.05) is 32.6 Å². The second-order valence-electron chi connectivity index (χ2n) is 9.30. The SMILES string of the molecule is CC(C(=O)N1CCCC1)N1CCC2(CCC(=O)N(CCc3ccccc3)C2)CC1. The summed E-state index contributed by atoms with van der Waals surface area (Å²) in [6.07, 6.45) is 7.10. The molecule has 1 spiro atoms. The highest BCUT2D eigenvalue weighted by molar-refractivity contribution is 5.81.